The van der Waals surface area contributed by atoms with Gasteiger partial charge in [0.15, 0.2) is 0 Å². The third-order valence-electron chi connectivity index (χ3n) is 5.44. The second kappa shape index (κ2) is 6.67. The van der Waals surface area contributed by atoms with Crippen molar-refractivity contribution in [1.82, 2.24) is 4.98 Å². The molecule has 0 saturated carbocycles. The Morgan fingerprint density at radius 3 is 2.64 bits per heavy atom. The third-order valence-corrected chi connectivity index (χ3v) is 7.04. The van der Waals surface area contributed by atoms with E-state index in [1.807, 2.05) is 42.5 Å². The molecule has 0 spiro atoms. The molecule has 146 valence electrons. The molecule has 3 heterocycles. The van der Waals surface area contributed by atoms with Crippen LogP contribution in [-0.4, -0.2) is 46.7 Å². The third kappa shape index (κ3) is 3.12. The number of para-hydroxylation sites is 1. The molecule has 0 aliphatic carbocycles. The first kappa shape index (κ1) is 17.8. The number of ether oxygens (including phenoxy) is 1. The standard InChI is InChI=1S/C21H20F2N2O2S/c22-21(23)7-8-25(13-21)20-6-5-15(28(26)16-11-27-12-16)10-17(20)19-9-14-3-1-2-4-18(14)24-19/h1-6,9-10,16,24H,7-8,11-13H2. The summed E-state index contributed by atoms with van der Waals surface area (Å²) in [7, 11) is -1.17. The summed E-state index contributed by atoms with van der Waals surface area (Å²) < 4.78 is 45.6. The zero-order valence-electron chi connectivity index (χ0n) is 15.2. The molecule has 2 fully saturated rings. The van der Waals surface area contributed by atoms with Gasteiger partial charge in [-0.05, 0) is 30.3 Å². The van der Waals surface area contributed by atoms with Crippen LogP contribution in [0.2, 0.25) is 0 Å². The minimum atomic E-state index is -2.68. The van der Waals surface area contributed by atoms with Gasteiger partial charge in [-0.25, -0.2) is 8.78 Å². The van der Waals surface area contributed by atoms with E-state index in [0.29, 0.717) is 24.7 Å². The van der Waals surface area contributed by atoms with Gasteiger partial charge in [0.25, 0.3) is 5.92 Å². The van der Waals surface area contributed by atoms with Crippen molar-refractivity contribution in [1.29, 1.82) is 0 Å². The number of benzene rings is 2. The smallest absolute Gasteiger partial charge is 0.266 e. The molecule has 4 nitrogen and oxygen atoms in total. The van der Waals surface area contributed by atoms with Gasteiger partial charge in [0.2, 0.25) is 0 Å². The summed E-state index contributed by atoms with van der Waals surface area (Å²) in [5, 5.41) is 1.05. The number of anilines is 1. The van der Waals surface area contributed by atoms with Crippen LogP contribution >= 0.6 is 0 Å². The van der Waals surface area contributed by atoms with E-state index in [2.05, 4.69) is 4.98 Å². The van der Waals surface area contributed by atoms with Gasteiger partial charge >= 0.3 is 0 Å². The lowest BCUT2D eigenvalue weighted by Gasteiger charge is -2.26. The fourth-order valence-corrected chi connectivity index (χ4v) is 5.08. The average molecular weight is 402 g/mol. The number of aromatic nitrogens is 1. The van der Waals surface area contributed by atoms with Crippen LogP contribution in [0.4, 0.5) is 14.5 Å². The number of nitrogens with zero attached hydrogens (tertiary/aromatic N) is 1. The lowest BCUT2D eigenvalue weighted by molar-refractivity contribution is 0.0257. The van der Waals surface area contributed by atoms with E-state index in [0.717, 1.165) is 27.8 Å². The van der Waals surface area contributed by atoms with E-state index in [9.17, 15) is 13.0 Å². The number of nitrogens with one attached hydrogen (secondary N) is 1. The second-order valence-electron chi connectivity index (χ2n) is 7.43. The SMILES string of the molecule is O=S(c1ccc(N2CCC(F)(F)C2)c(-c2cc3ccccc3[nH]2)c1)C1COC1. The van der Waals surface area contributed by atoms with Crippen molar-refractivity contribution in [3.05, 3.63) is 48.5 Å². The predicted octanol–water partition coefficient (Wildman–Crippen LogP) is 4.19. The molecular weight excluding hydrogens is 382 g/mol. The Labute approximate surface area is 164 Å². The molecule has 1 atom stereocenters. The largest absolute Gasteiger partial charge is 0.379 e. The van der Waals surface area contributed by atoms with Gasteiger partial charge in [-0.15, -0.1) is 0 Å². The maximum Gasteiger partial charge on any atom is 0.266 e. The highest BCUT2D eigenvalue weighted by atomic mass is 32.2. The van der Waals surface area contributed by atoms with E-state index in [1.165, 1.54) is 0 Å². The monoisotopic (exact) mass is 402 g/mol. The molecule has 5 rings (SSSR count). The van der Waals surface area contributed by atoms with Gasteiger partial charge in [0, 0.05) is 45.7 Å². The first-order chi connectivity index (χ1) is 13.5. The number of fused-ring (bicyclic) bond motifs is 1. The van der Waals surface area contributed by atoms with Crippen molar-refractivity contribution in [3.8, 4) is 11.3 Å². The van der Waals surface area contributed by atoms with Crippen molar-refractivity contribution in [2.75, 3.05) is 31.2 Å². The number of hydrogen-bond acceptors (Lipinski definition) is 3. The molecule has 0 bridgehead atoms. The summed E-state index contributed by atoms with van der Waals surface area (Å²) >= 11 is 0. The maximum atomic E-state index is 13.8. The fraction of sp³-hybridized carbons (Fsp3) is 0.333. The number of rotatable bonds is 4. The molecule has 1 aromatic heterocycles. The van der Waals surface area contributed by atoms with Crippen molar-refractivity contribution >= 4 is 27.4 Å². The number of H-pyrrole nitrogens is 1. The molecule has 2 aromatic carbocycles. The lowest BCUT2D eigenvalue weighted by atomic mass is 10.1. The topological polar surface area (TPSA) is 45.3 Å². The first-order valence-electron chi connectivity index (χ1n) is 9.33. The quantitative estimate of drug-likeness (QED) is 0.712. The Balaban J connectivity index is 1.61. The summed E-state index contributed by atoms with van der Waals surface area (Å²) in [6.07, 6.45) is -0.147. The van der Waals surface area contributed by atoms with Crippen LogP contribution in [0.1, 0.15) is 6.42 Å². The molecule has 2 aliphatic rings. The molecule has 0 radical (unpaired) electrons. The van der Waals surface area contributed by atoms with Gasteiger partial charge < -0.3 is 14.6 Å². The second-order valence-corrected chi connectivity index (χ2v) is 9.17. The van der Waals surface area contributed by atoms with Crippen LogP contribution in [-0.2, 0) is 15.5 Å². The average Bonchev–Trinajstić information content (AvgIpc) is 3.22. The zero-order chi connectivity index (χ0) is 19.3. The number of alkyl halides is 2. The number of halogens is 2. The van der Waals surface area contributed by atoms with Crippen LogP contribution in [0, 0.1) is 0 Å². The zero-order valence-corrected chi connectivity index (χ0v) is 16.0. The molecule has 7 heteroatoms. The normalized spacial score (nSPS) is 20.4. The molecule has 28 heavy (non-hydrogen) atoms. The lowest BCUT2D eigenvalue weighted by Crippen LogP contribution is -2.37. The minimum absolute atomic E-state index is 0.00228. The summed E-state index contributed by atoms with van der Waals surface area (Å²) in [4.78, 5) is 5.81. The Hall–Kier alpha value is -2.25. The number of aromatic amines is 1. The van der Waals surface area contributed by atoms with Gasteiger partial charge in [-0.3, -0.25) is 4.21 Å². The Bertz CT molecular complexity index is 1030. The Morgan fingerprint density at radius 2 is 1.96 bits per heavy atom. The number of hydrogen-bond donors (Lipinski definition) is 1. The van der Waals surface area contributed by atoms with E-state index >= 15 is 0 Å². The van der Waals surface area contributed by atoms with Crippen LogP contribution in [0.15, 0.2) is 53.4 Å². The van der Waals surface area contributed by atoms with Crippen LogP contribution in [0.3, 0.4) is 0 Å². The first-order valence-corrected chi connectivity index (χ1v) is 10.5. The molecular formula is C21H20F2N2O2S. The maximum absolute atomic E-state index is 13.8. The van der Waals surface area contributed by atoms with Crippen LogP contribution in [0.5, 0.6) is 0 Å². The summed E-state index contributed by atoms with van der Waals surface area (Å²) in [5.41, 5.74) is 3.37. The highest BCUT2D eigenvalue weighted by molar-refractivity contribution is 7.85. The highest BCUT2D eigenvalue weighted by Gasteiger charge is 2.39. The fourth-order valence-electron chi connectivity index (χ4n) is 3.82. The van der Waals surface area contributed by atoms with Crippen LogP contribution in [0.25, 0.3) is 22.2 Å². The van der Waals surface area contributed by atoms with E-state index < -0.39 is 16.7 Å². The predicted molar refractivity (Wildman–Crippen MR) is 107 cm³/mol. The molecule has 1 unspecified atom stereocenters. The van der Waals surface area contributed by atoms with E-state index in [4.69, 9.17) is 4.74 Å². The Kier molecular flexibility index (Phi) is 4.25. The van der Waals surface area contributed by atoms with E-state index in [-0.39, 0.29) is 18.2 Å². The molecule has 2 saturated heterocycles. The van der Waals surface area contributed by atoms with E-state index in [1.54, 1.807) is 11.0 Å². The van der Waals surface area contributed by atoms with Gasteiger partial charge in [0.1, 0.15) is 0 Å². The van der Waals surface area contributed by atoms with Crippen molar-refractivity contribution in [3.63, 3.8) is 0 Å². The minimum Gasteiger partial charge on any atom is -0.379 e. The van der Waals surface area contributed by atoms with Gasteiger partial charge in [0.05, 0.1) is 35.8 Å². The molecule has 2 aliphatic heterocycles. The van der Waals surface area contributed by atoms with Crippen molar-refractivity contribution in [2.45, 2.75) is 22.5 Å². The van der Waals surface area contributed by atoms with Crippen molar-refractivity contribution in [2.24, 2.45) is 0 Å². The van der Waals surface area contributed by atoms with Crippen molar-refractivity contribution < 1.29 is 17.7 Å². The van der Waals surface area contributed by atoms with Crippen LogP contribution < -0.4 is 4.90 Å². The molecule has 1 N–H and O–H groups in total. The molecule has 3 aromatic rings. The summed E-state index contributed by atoms with van der Waals surface area (Å²) in [6, 6.07) is 15.4. The Morgan fingerprint density at radius 1 is 1.14 bits per heavy atom. The highest BCUT2D eigenvalue weighted by Crippen LogP contribution is 2.39. The van der Waals surface area contributed by atoms with Gasteiger partial charge in [-0.1, -0.05) is 18.2 Å². The summed E-state index contributed by atoms with van der Waals surface area (Å²) in [6.45, 7) is 1.00. The van der Waals surface area contributed by atoms with Gasteiger partial charge in [-0.2, -0.15) is 0 Å². The summed E-state index contributed by atoms with van der Waals surface area (Å²) in [5.74, 6) is -2.68. The molecule has 0 amide bonds.